The summed E-state index contributed by atoms with van der Waals surface area (Å²) in [4.78, 5) is 22.1. The van der Waals surface area contributed by atoms with Crippen LogP contribution in [0.4, 0.5) is 0 Å². The lowest BCUT2D eigenvalue weighted by atomic mass is 9.46. The molecule has 0 radical (unpaired) electrons. The van der Waals surface area contributed by atoms with Gasteiger partial charge in [0.15, 0.2) is 5.78 Å². The number of allylic oxidation sites excluding steroid dienone is 1. The highest BCUT2D eigenvalue weighted by Crippen LogP contribution is 2.67. The molecule has 0 saturated heterocycles. The van der Waals surface area contributed by atoms with Crippen molar-refractivity contribution in [2.45, 2.75) is 72.1 Å². The molecule has 4 nitrogen and oxygen atoms in total. The van der Waals surface area contributed by atoms with E-state index >= 15 is 0 Å². The van der Waals surface area contributed by atoms with Crippen molar-refractivity contribution in [2.24, 2.45) is 40.4 Å². The second-order valence-corrected chi connectivity index (χ2v) is 11.5. The molecule has 7 atom stereocenters. The summed E-state index contributed by atoms with van der Waals surface area (Å²) in [5, 5.41) is 18.1. The Morgan fingerprint density at radius 1 is 1.03 bits per heavy atom. The molecule has 0 unspecified atom stereocenters. The highest BCUT2D eigenvalue weighted by atomic mass is 16.4. The van der Waals surface area contributed by atoms with Crippen LogP contribution in [-0.2, 0) is 4.79 Å². The molecule has 0 spiro atoms. The normalized spacial score (nSPS) is 38.1. The Labute approximate surface area is 198 Å². The van der Waals surface area contributed by atoms with E-state index in [2.05, 4.69) is 20.8 Å². The first-order chi connectivity index (χ1) is 15.7. The maximum absolute atomic E-state index is 11.9. The maximum Gasteiger partial charge on any atom is 0.335 e. The van der Waals surface area contributed by atoms with Gasteiger partial charge >= 0.3 is 5.97 Å². The van der Waals surface area contributed by atoms with Crippen LogP contribution in [0.25, 0.3) is 0 Å². The van der Waals surface area contributed by atoms with E-state index in [4.69, 9.17) is 5.11 Å². The number of carbonyl (C=O) groups excluding carboxylic acids is 1. The van der Waals surface area contributed by atoms with Gasteiger partial charge in [-0.05, 0) is 104 Å². The zero-order valence-electron chi connectivity index (χ0n) is 20.4. The lowest BCUT2D eigenvalue weighted by Crippen LogP contribution is -2.51. The maximum atomic E-state index is 11.9. The smallest absolute Gasteiger partial charge is 0.335 e. The number of fused-ring (bicyclic) bond motifs is 5. The monoisotopic (exact) mass is 452 g/mol. The zero-order valence-corrected chi connectivity index (χ0v) is 20.4. The summed E-state index contributed by atoms with van der Waals surface area (Å²) in [6.45, 7) is 7.59. The molecule has 4 aliphatic carbocycles. The minimum Gasteiger partial charge on any atom is -0.478 e. The molecule has 3 fully saturated rings. The van der Waals surface area contributed by atoms with Gasteiger partial charge in [-0.2, -0.15) is 0 Å². The van der Waals surface area contributed by atoms with Crippen LogP contribution in [0, 0.1) is 40.4 Å². The van der Waals surface area contributed by atoms with Gasteiger partial charge in [-0.3, -0.25) is 4.79 Å². The van der Waals surface area contributed by atoms with Gasteiger partial charge in [-0.25, -0.2) is 4.79 Å². The predicted molar refractivity (Wildman–Crippen MR) is 130 cm³/mol. The molecule has 180 valence electrons. The summed E-state index contributed by atoms with van der Waals surface area (Å²) in [6.07, 6.45) is 11.6. The van der Waals surface area contributed by atoms with Gasteiger partial charge in [0, 0.05) is 13.0 Å². The Morgan fingerprint density at radius 3 is 2.39 bits per heavy atom. The first-order valence-electron chi connectivity index (χ1n) is 12.8. The molecule has 0 aliphatic heterocycles. The van der Waals surface area contributed by atoms with E-state index in [0.717, 1.165) is 37.0 Å². The van der Waals surface area contributed by atoms with Crippen molar-refractivity contribution in [3.63, 3.8) is 0 Å². The van der Waals surface area contributed by atoms with Crippen molar-refractivity contribution in [1.29, 1.82) is 0 Å². The fourth-order valence-electron chi connectivity index (χ4n) is 8.24. The number of benzene rings is 1. The van der Waals surface area contributed by atoms with Gasteiger partial charge in [0.05, 0.1) is 5.56 Å². The molecule has 2 N–H and O–H groups in total. The number of hydrogen-bond donors (Lipinski definition) is 2. The molecule has 5 rings (SSSR count). The van der Waals surface area contributed by atoms with Gasteiger partial charge in [0.2, 0.25) is 0 Å². The molecule has 4 aliphatic rings. The largest absolute Gasteiger partial charge is 0.478 e. The highest BCUT2D eigenvalue weighted by Gasteiger charge is 2.59. The molecular formula is C29H40O4. The molecule has 0 amide bonds. The van der Waals surface area contributed by atoms with Crippen molar-refractivity contribution in [1.82, 2.24) is 0 Å². The SMILES string of the molecule is C[C@H](CO)[C@H]1CC[C@H]2[C@@H]3CCC4=CC(=O)CC[C@]4(C)[C@H]3CC[C@]12C.O=C(O)c1ccccc1. The minimum atomic E-state index is -0.879. The van der Waals surface area contributed by atoms with E-state index in [-0.39, 0.29) is 0 Å². The Balaban J connectivity index is 0.000000243. The number of hydrogen-bond acceptors (Lipinski definition) is 3. The Kier molecular flexibility index (Phi) is 6.87. The number of carboxylic acid groups (broad SMARTS) is 1. The topological polar surface area (TPSA) is 74.6 Å². The standard InChI is InChI=1S/C22H34O2.C7H6O2/c1-14(13-23)18-6-7-19-17-5-4-15-12-16(24)8-10-21(15,2)20(17)9-11-22(18,19)3;8-7(9)6-4-2-1-3-5-6/h12,14,17-20,23H,4-11,13H2,1-3H3;1-5H,(H,8,9)/t14-,17+,18-,19+,20+,21+,22-;/m1./s1. The Morgan fingerprint density at radius 2 is 1.76 bits per heavy atom. The van der Waals surface area contributed by atoms with E-state index < -0.39 is 5.97 Å². The van der Waals surface area contributed by atoms with E-state index in [1.807, 2.05) is 6.08 Å². The molecule has 3 saturated carbocycles. The van der Waals surface area contributed by atoms with Crippen LogP contribution in [-0.4, -0.2) is 28.6 Å². The van der Waals surface area contributed by atoms with Crippen LogP contribution in [0.1, 0.15) is 82.5 Å². The number of aliphatic hydroxyl groups is 1. The van der Waals surface area contributed by atoms with Crippen LogP contribution >= 0.6 is 0 Å². The molecular weight excluding hydrogens is 412 g/mol. The van der Waals surface area contributed by atoms with Gasteiger partial charge in [-0.1, -0.05) is 44.5 Å². The van der Waals surface area contributed by atoms with Crippen molar-refractivity contribution in [3.8, 4) is 0 Å². The van der Waals surface area contributed by atoms with Crippen LogP contribution in [0.3, 0.4) is 0 Å². The number of rotatable bonds is 3. The van der Waals surface area contributed by atoms with Gasteiger partial charge in [-0.15, -0.1) is 0 Å². The van der Waals surface area contributed by atoms with E-state index in [1.165, 1.54) is 37.7 Å². The first-order valence-corrected chi connectivity index (χ1v) is 12.8. The van der Waals surface area contributed by atoms with Crippen LogP contribution in [0.2, 0.25) is 0 Å². The average molecular weight is 453 g/mol. The summed E-state index contributed by atoms with van der Waals surface area (Å²) >= 11 is 0. The minimum absolute atomic E-state index is 0.291. The number of aliphatic hydroxyl groups excluding tert-OH is 1. The van der Waals surface area contributed by atoms with Crippen molar-refractivity contribution >= 4 is 11.8 Å². The lowest BCUT2D eigenvalue weighted by molar-refractivity contribution is -0.117. The Hall–Kier alpha value is -1.94. The third-order valence-corrected chi connectivity index (χ3v) is 10.0. The fraction of sp³-hybridized carbons (Fsp3) is 0.655. The molecule has 0 aromatic heterocycles. The van der Waals surface area contributed by atoms with E-state index in [0.29, 0.717) is 40.6 Å². The third kappa shape index (κ3) is 4.32. The number of aromatic carboxylic acids is 1. The van der Waals surface area contributed by atoms with Gasteiger partial charge < -0.3 is 10.2 Å². The summed E-state index contributed by atoms with van der Waals surface area (Å²) in [5.74, 6) is 3.09. The average Bonchev–Trinajstić information content (AvgIpc) is 3.17. The zero-order chi connectivity index (χ0) is 23.8. The Bertz CT molecular complexity index is 905. The predicted octanol–water partition coefficient (Wildman–Crippen LogP) is 6.15. The second-order valence-electron chi connectivity index (χ2n) is 11.5. The second kappa shape index (κ2) is 9.37. The summed E-state index contributed by atoms with van der Waals surface area (Å²) < 4.78 is 0. The van der Waals surface area contributed by atoms with Gasteiger partial charge in [0.25, 0.3) is 0 Å². The molecule has 0 heterocycles. The first kappa shape index (κ1) is 24.2. The van der Waals surface area contributed by atoms with Crippen molar-refractivity contribution in [2.75, 3.05) is 6.61 Å². The van der Waals surface area contributed by atoms with E-state index in [9.17, 15) is 14.7 Å². The summed E-state index contributed by atoms with van der Waals surface area (Å²) in [6, 6.07) is 8.30. The molecule has 1 aromatic rings. The van der Waals surface area contributed by atoms with Crippen molar-refractivity contribution in [3.05, 3.63) is 47.5 Å². The fourth-order valence-corrected chi connectivity index (χ4v) is 8.24. The lowest BCUT2D eigenvalue weighted by Gasteiger charge is -2.58. The summed E-state index contributed by atoms with van der Waals surface area (Å²) in [7, 11) is 0. The molecule has 33 heavy (non-hydrogen) atoms. The van der Waals surface area contributed by atoms with Gasteiger partial charge in [0.1, 0.15) is 0 Å². The van der Waals surface area contributed by atoms with Crippen LogP contribution < -0.4 is 0 Å². The highest BCUT2D eigenvalue weighted by molar-refractivity contribution is 5.91. The van der Waals surface area contributed by atoms with Crippen molar-refractivity contribution < 1.29 is 19.8 Å². The van der Waals surface area contributed by atoms with Crippen LogP contribution in [0.15, 0.2) is 42.0 Å². The molecule has 4 heteroatoms. The summed E-state index contributed by atoms with van der Waals surface area (Å²) in [5.41, 5.74) is 2.53. The third-order valence-electron chi connectivity index (χ3n) is 10.0. The quantitative estimate of drug-likeness (QED) is 0.577. The molecule has 1 aromatic carbocycles. The number of ketones is 1. The number of carboxylic acids is 1. The van der Waals surface area contributed by atoms with E-state index in [1.54, 1.807) is 30.3 Å². The van der Waals surface area contributed by atoms with Crippen LogP contribution in [0.5, 0.6) is 0 Å². The molecule has 0 bridgehead atoms. The number of carbonyl (C=O) groups is 2.